The maximum absolute atomic E-state index is 12.2. The molecule has 1 aliphatic carbocycles. The number of likely N-dealkylation sites (tertiary alicyclic amines) is 1. The van der Waals surface area contributed by atoms with Crippen molar-refractivity contribution in [3.8, 4) is 0 Å². The Hall–Kier alpha value is -0.940. The van der Waals surface area contributed by atoms with Crippen LogP contribution in [0.1, 0.15) is 44.9 Å². The van der Waals surface area contributed by atoms with Gasteiger partial charge in [-0.1, -0.05) is 19.3 Å². The first-order valence-corrected chi connectivity index (χ1v) is 7.47. The van der Waals surface area contributed by atoms with Crippen molar-refractivity contribution in [2.45, 2.75) is 51.1 Å². The van der Waals surface area contributed by atoms with E-state index in [9.17, 15) is 13.2 Å². The summed E-state index contributed by atoms with van der Waals surface area (Å²) in [5.74, 6) is 0.622. The van der Waals surface area contributed by atoms with Crippen molar-refractivity contribution in [2.75, 3.05) is 26.7 Å². The molecule has 0 atom stereocenters. The summed E-state index contributed by atoms with van der Waals surface area (Å²) in [4.78, 5) is 6.26. The summed E-state index contributed by atoms with van der Waals surface area (Å²) in [5.41, 5.74) is 0.389. The molecule has 3 nitrogen and oxygen atoms in total. The first-order valence-electron chi connectivity index (χ1n) is 7.47. The summed E-state index contributed by atoms with van der Waals surface area (Å²) in [7, 11) is 1.64. The summed E-state index contributed by atoms with van der Waals surface area (Å²) in [5, 5.41) is 2.85. The highest BCUT2D eigenvalue weighted by Gasteiger charge is 2.39. The Morgan fingerprint density at radius 3 is 2.50 bits per heavy atom. The average Bonchev–Trinajstić information content (AvgIpc) is 2.78. The molecule has 0 aromatic rings. The van der Waals surface area contributed by atoms with Crippen LogP contribution in [0.5, 0.6) is 0 Å². The van der Waals surface area contributed by atoms with Gasteiger partial charge in [-0.15, -0.1) is 0 Å². The van der Waals surface area contributed by atoms with Crippen molar-refractivity contribution < 1.29 is 13.2 Å². The summed E-state index contributed by atoms with van der Waals surface area (Å²) in [6, 6.07) is 0. The van der Waals surface area contributed by atoms with Crippen LogP contribution < -0.4 is 5.32 Å². The van der Waals surface area contributed by atoms with Crippen molar-refractivity contribution in [1.29, 1.82) is 0 Å². The maximum Gasteiger partial charge on any atom is 0.390 e. The van der Waals surface area contributed by atoms with Crippen molar-refractivity contribution >= 4 is 5.96 Å². The maximum atomic E-state index is 12.2. The van der Waals surface area contributed by atoms with E-state index in [-0.39, 0.29) is 6.54 Å². The lowest BCUT2D eigenvalue weighted by Crippen LogP contribution is -2.42. The topological polar surface area (TPSA) is 27.6 Å². The second-order valence-corrected chi connectivity index (χ2v) is 6.07. The average molecular weight is 291 g/mol. The van der Waals surface area contributed by atoms with Crippen LogP contribution in [0, 0.1) is 5.41 Å². The first-order chi connectivity index (χ1) is 9.44. The molecule has 116 valence electrons. The van der Waals surface area contributed by atoms with Gasteiger partial charge < -0.3 is 10.2 Å². The Morgan fingerprint density at radius 2 is 1.90 bits per heavy atom. The largest absolute Gasteiger partial charge is 0.390 e. The number of rotatable bonds is 2. The standard InChI is InChI=1S/C14H24F3N3/c1-18-12(19-9-7-14(15,16)17)20-10-8-13(11-20)5-3-2-4-6-13/h2-11H2,1H3,(H,18,19). The lowest BCUT2D eigenvalue weighted by Gasteiger charge is -2.33. The molecule has 20 heavy (non-hydrogen) atoms. The Kier molecular flexibility index (Phi) is 4.81. The second-order valence-electron chi connectivity index (χ2n) is 6.07. The molecule has 0 radical (unpaired) electrons. The van der Waals surface area contributed by atoms with Gasteiger partial charge in [0, 0.05) is 26.7 Å². The molecular formula is C14H24F3N3. The highest BCUT2D eigenvalue weighted by Crippen LogP contribution is 2.43. The molecule has 0 amide bonds. The Labute approximate surface area is 118 Å². The fourth-order valence-electron chi connectivity index (χ4n) is 3.47. The van der Waals surface area contributed by atoms with Gasteiger partial charge in [-0.25, -0.2) is 0 Å². The first kappa shape index (κ1) is 15.4. The highest BCUT2D eigenvalue weighted by molar-refractivity contribution is 5.80. The monoisotopic (exact) mass is 291 g/mol. The van der Waals surface area contributed by atoms with E-state index in [0.717, 1.165) is 19.5 Å². The van der Waals surface area contributed by atoms with Gasteiger partial charge in [-0.2, -0.15) is 13.2 Å². The van der Waals surface area contributed by atoms with Crippen LogP contribution >= 0.6 is 0 Å². The second kappa shape index (κ2) is 6.22. The lowest BCUT2D eigenvalue weighted by atomic mass is 9.73. The fraction of sp³-hybridized carbons (Fsp3) is 0.929. The highest BCUT2D eigenvalue weighted by atomic mass is 19.4. The van der Waals surface area contributed by atoms with Gasteiger partial charge >= 0.3 is 6.18 Å². The quantitative estimate of drug-likeness (QED) is 0.625. The third-order valence-electron chi connectivity index (χ3n) is 4.56. The van der Waals surface area contributed by atoms with Crippen molar-refractivity contribution in [3.05, 3.63) is 0 Å². The van der Waals surface area contributed by atoms with E-state index in [1.54, 1.807) is 7.05 Å². The van der Waals surface area contributed by atoms with Crippen molar-refractivity contribution in [2.24, 2.45) is 10.4 Å². The van der Waals surface area contributed by atoms with Crippen molar-refractivity contribution in [1.82, 2.24) is 10.2 Å². The third-order valence-corrected chi connectivity index (χ3v) is 4.56. The van der Waals surface area contributed by atoms with Crippen LogP contribution in [0.15, 0.2) is 4.99 Å². The Morgan fingerprint density at radius 1 is 1.20 bits per heavy atom. The predicted octanol–water partition coefficient (Wildman–Crippen LogP) is 3.17. The van der Waals surface area contributed by atoms with Crippen LogP contribution in [0.25, 0.3) is 0 Å². The molecule has 1 spiro atoms. The number of guanidine groups is 1. The minimum Gasteiger partial charge on any atom is -0.356 e. The summed E-state index contributed by atoms with van der Waals surface area (Å²) in [6.07, 6.45) is 2.62. The number of aliphatic imine (C=N–C) groups is 1. The summed E-state index contributed by atoms with van der Waals surface area (Å²) >= 11 is 0. The number of nitrogens with zero attached hydrogens (tertiary/aromatic N) is 2. The van der Waals surface area contributed by atoms with E-state index >= 15 is 0 Å². The minimum atomic E-state index is -4.11. The predicted molar refractivity (Wildman–Crippen MR) is 73.7 cm³/mol. The smallest absolute Gasteiger partial charge is 0.356 e. The van der Waals surface area contributed by atoms with Crippen LogP contribution in [0.2, 0.25) is 0 Å². The van der Waals surface area contributed by atoms with Gasteiger partial charge in [-0.3, -0.25) is 4.99 Å². The number of halogens is 3. The number of hydrogen-bond acceptors (Lipinski definition) is 1. The van der Waals surface area contributed by atoms with Gasteiger partial charge in [0.1, 0.15) is 0 Å². The van der Waals surface area contributed by atoms with E-state index in [0.29, 0.717) is 11.4 Å². The van der Waals surface area contributed by atoms with Gasteiger partial charge in [0.15, 0.2) is 5.96 Å². The van der Waals surface area contributed by atoms with Crippen LogP contribution in [-0.4, -0.2) is 43.7 Å². The van der Waals surface area contributed by atoms with Crippen LogP contribution in [0.3, 0.4) is 0 Å². The normalized spacial score (nSPS) is 23.4. The molecule has 0 aromatic carbocycles. The molecule has 1 aliphatic heterocycles. The van der Waals surface area contributed by atoms with Crippen LogP contribution in [-0.2, 0) is 0 Å². The zero-order valence-corrected chi connectivity index (χ0v) is 12.1. The SMILES string of the molecule is CN=C(NCCC(F)(F)F)N1CCC2(CCCCC2)C1. The molecule has 2 rings (SSSR count). The number of nitrogens with one attached hydrogen (secondary N) is 1. The van der Waals surface area contributed by atoms with Gasteiger partial charge in [0.2, 0.25) is 0 Å². The molecule has 1 saturated heterocycles. The Bertz CT molecular complexity index is 346. The fourth-order valence-corrected chi connectivity index (χ4v) is 3.47. The van der Waals surface area contributed by atoms with E-state index in [1.165, 1.54) is 32.1 Å². The zero-order valence-electron chi connectivity index (χ0n) is 12.1. The molecule has 1 saturated carbocycles. The van der Waals surface area contributed by atoms with Gasteiger partial charge in [0.25, 0.3) is 0 Å². The van der Waals surface area contributed by atoms with E-state index in [4.69, 9.17) is 0 Å². The molecule has 6 heteroatoms. The number of hydrogen-bond donors (Lipinski definition) is 1. The lowest BCUT2D eigenvalue weighted by molar-refractivity contribution is -0.132. The van der Waals surface area contributed by atoms with E-state index < -0.39 is 12.6 Å². The molecule has 2 aliphatic rings. The molecule has 0 unspecified atom stereocenters. The van der Waals surface area contributed by atoms with E-state index in [1.807, 2.05) is 0 Å². The molecule has 0 bridgehead atoms. The van der Waals surface area contributed by atoms with Crippen LogP contribution in [0.4, 0.5) is 13.2 Å². The zero-order chi connectivity index (χ0) is 14.6. The third kappa shape index (κ3) is 4.03. The molecule has 1 heterocycles. The molecule has 2 fully saturated rings. The molecule has 1 N–H and O–H groups in total. The minimum absolute atomic E-state index is 0.0975. The van der Waals surface area contributed by atoms with E-state index in [2.05, 4.69) is 15.2 Å². The summed E-state index contributed by atoms with van der Waals surface area (Å²) < 4.78 is 36.5. The molecule has 0 aromatic heterocycles. The van der Waals surface area contributed by atoms with Gasteiger partial charge in [-0.05, 0) is 24.7 Å². The number of alkyl halides is 3. The Balaban J connectivity index is 1.84. The van der Waals surface area contributed by atoms with Gasteiger partial charge in [0.05, 0.1) is 6.42 Å². The molecular weight excluding hydrogens is 267 g/mol. The van der Waals surface area contributed by atoms with Crippen molar-refractivity contribution in [3.63, 3.8) is 0 Å². The summed E-state index contributed by atoms with van der Waals surface area (Å²) in [6.45, 7) is 1.75.